The second kappa shape index (κ2) is 6.65. The van der Waals surface area contributed by atoms with E-state index < -0.39 is 0 Å². The molecule has 1 aromatic rings. The number of aldehydes is 2. The van der Waals surface area contributed by atoms with Crippen molar-refractivity contribution < 1.29 is 23.8 Å². The normalized spacial score (nSPS) is 9.76. The maximum Gasteiger partial charge on any atom is 0.153 e. The minimum absolute atomic E-state index is 0.308. The van der Waals surface area contributed by atoms with Crippen LogP contribution in [0.15, 0.2) is 12.1 Å². The van der Waals surface area contributed by atoms with E-state index in [9.17, 15) is 9.59 Å². The van der Waals surface area contributed by atoms with Gasteiger partial charge >= 0.3 is 0 Å². The molecule has 0 bridgehead atoms. The van der Waals surface area contributed by atoms with Crippen LogP contribution in [0.25, 0.3) is 0 Å². The van der Waals surface area contributed by atoms with Crippen LogP contribution in [0.1, 0.15) is 20.7 Å². The van der Waals surface area contributed by atoms with Crippen LogP contribution in [0.2, 0.25) is 0 Å². The van der Waals surface area contributed by atoms with E-state index in [-0.39, 0.29) is 0 Å². The minimum Gasteiger partial charge on any atom is -0.496 e. The van der Waals surface area contributed by atoms with E-state index in [0.717, 1.165) is 0 Å². The van der Waals surface area contributed by atoms with E-state index in [1.807, 2.05) is 0 Å². The molecule has 17 heavy (non-hydrogen) atoms. The second-order valence-electron chi connectivity index (χ2n) is 3.21. The lowest BCUT2D eigenvalue weighted by atomic mass is 10.1. The Balaban J connectivity index is 3.01. The van der Waals surface area contributed by atoms with Crippen LogP contribution in [-0.2, 0) is 4.74 Å². The average Bonchev–Trinajstić information content (AvgIpc) is 2.38. The van der Waals surface area contributed by atoms with Crippen molar-refractivity contribution in [2.24, 2.45) is 0 Å². The zero-order chi connectivity index (χ0) is 12.7. The third-order valence-electron chi connectivity index (χ3n) is 2.16. The van der Waals surface area contributed by atoms with Gasteiger partial charge in [0.2, 0.25) is 0 Å². The first-order valence-corrected chi connectivity index (χ1v) is 5.01. The number of rotatable bonds is 7. The van der Waals surface area contributed by atoms with Gasteiger partial charge in [-0.25, -0.2) is 0 Å². The van der Waals surface area contributed by atoms with Crippen molar-refractivity contribution in [3.8, 4) is 11.5 Å². The number of benzene rings is 1. The van der Waals surface area contributed by atoms with E-state index in [1.165, 1.54) is 19.2 Å². The first kappa shape index (κ1) is 13.2. The fraction of sp³-hybridized carbons (Fsp3) is 0.333. The third kappa shape index (κ3) is 3.29. The molecule has 0 saturated carbocycles. The van der Waals surface area contributed by atoms with Gasteiger partial charge in [0.05, 0.1) is 24.8 Å². The Morgan fingerprint density at radius 3 is 2.12 bits per heavy atom. The highest BCUT2D eigenvalue weighted by Crippen LogP contribution is 2.26. The molecular weight excluding hydrogens is 224 g/mol. The fourth-order valence-electron chi connectivity index (χ4n) is 1.31. The predicted molar refractivity (Wildman–Crippen MR) is 61.1 cm³/mol. The summed E-state index contributed by atoms with van der Waals surface area (Å²) < 4.78 is 15.2. The van der Waals surface area contributed by atoms with Crippen LogP contribution in [0.4, 0.5) is 0 Å². The van der Waals surface area contributed by atoms with E-state index in [0.29, 0.717) is 48.4 Å². The quantitative estimate of drug-likeness (QED) is 0.530. The molecule has 0 atom stereocenters. The minimum atomic E-state index is 0.308. The van der Waals surface area contributed by atoms with Gasteiger partial charge in [-0.2, -0.15) is 0 Å². The summed E-state index contributed by atoms with van der Waals surface area (Å²) in [6.45, 7) is 0.711. The Morgan fingerprint density at radius 1 is 1.00 bits per heavy atom. The van der Waals surface area contributed by atoms with Crippen LogP contribution >= 0.6 is 0 Å². The van der Waals surface area contributed by atoms with Crippen molar-refractivity contribution in [2.45, 2.75) is 0 Å². The van der Waals surface area contributed by atoms with E-state index >= 15 is 0 Å². The molecular formula is C12H14O5. The molecule has 0 aliphatic rings. The summed E-state index contributed by atoms with van der Waals surface area (Å²) in [6, 6.07) is 2.95. The SMILES string of the molecule is COCCOc1cc(C=O)c(OC)cc1C=O. The zero-order valence-corrected chi connectivity index (χ0v) is 9.76. The average molecular weight is 238 g/mol. The largest absolute Gasteiger partial charge is 0.496 e. The van der Waals surface area contributed by atoms with Crippen LogP contribution in [0.5, 0.6) is 11.5 Å². The smallest absolute Gasteiger partial charge is 0.153 e. The Bertz CT molecular complexity index is 400. The standard InChI is InChI=1S/C12H14O5/c1-15-3-4-17-12-6-9(7-13)11(16-2)5-10(12)8-14/h5-8H,3-4H2,1-2H3. The van der Waals surface area contributed by atoms with Gasteiger partial charge in [-0.15, -0.1) is 0 Å². The van der Waals surface area contributed by atoms with Crippen molar-refractivity contribution in [1.82, 2.24) is 0 Å². The summed E-state index contributed by atoms with van der Waals surface area (Å²) in [4.78, 5) is 21.7. The first-order chi connectivity index (χ1) is 8.26. The summed E-state index contributed by atoms with van der Waals surface area (Å²) in [5.41, 5.74) is 0.675. The molecule has 1 aromatic carbocycles. The Labute approximate surface area is 99.3 Å². The van der Waals surface area contributed by atoms with Gasteiger partial charge in [0.1, 0.15) is 18.1 Å². The highest BCUT2D eigenvalue weighted by molar-refractivity contribution is 5.87. The van der Waals surface area contributed by atoms with Crippen molar-refractivity contribution in [1.29, 1.82) is 0 Å². The van der Waals surface area contributed by atoms with E-state index in [4.69, 9.17) is 14.2 Å². The molecule has 1 rings (SSSR count). The van der Waals surface area contributed by atoms with Gasteiger partial charge < -0.3 is 14.2 Å². The maximum absolute atomic E-state index is 10.9. The lowest BCUT2D eigenvalue weighted by Gasteiger charge is -2.11. The van der Waals surface area contributed by atoms with Crippen molar-refractivity contribution in [3.63, 3.8) is 0 Å². The molecule has 0 aliphatic heterocycles. The summed E-state index contributed by atoms with van der Waals surface area (Å²) in [7, 11) is 2.98. The van der Waals surface area contributed by atoms with E-state index in [1.54, 1.807) is 7.11 Å². The second-order valence-corrected chi connectivity index (χ2v) is 3.21. The first-order valence-electron chi connectivity index (χ1n) is 5.01. The highest BCUT2D eigenvalue weighted by atomic mass is 16.5. The Hall–Kier alpha value is -1.88. The monoisotopic (exact) mass is 238 g/mol. The molecule has 0 N–H and O–H groups in total. The lowest BCUT2D eigenvalue weighted by Crippen LogP contribution is -2.06. The summed E-state index contributed by atoms with van der Waals surface area (Å²) >= 11 is 0. The predicted octanol–water partition coefficient (Wildman–Crippen LogP) is 1.35. The molecule has 0 radical (unpaired) electrons. The van der Waals surface area contributed by atoms with Crippen molar-refractivity contribution in [2.75, 3.05) is 27.4 Å². The Morgan fingerprint density at radius 2 is 1.59 bits per heavy atom. The number of hydrogen-bond donors (Lipinski definition) is 0. The molecule has 0 amide bonds. The molecule has 0 saturated heterocycles. The highest BCUT2D eigenvalue weighted by Gasteiger charge is 2.10. The van der Waals surface area contributed by atoms with Gasteiger partial charge in [-0.1, -0.05) is 0 Å². The molecule has 5 heteroatoms. The molecule has 0 fully saturated rings. The zero-order valence-electron chi connectivity index (χ0n) is 9.76. The molecule has 0 heterocycles. The molecule has 0 aromatic heterocycles. The van der Waals surface area contributed by atoms with Gasteiger partial charge in [0.15, 0.2) is 12.6 Å². The lowest BCUT2D eigenvalue weighted by molar-refractivity contribution is 0.110. The topological polar surface area (TPSA) is 61.8 Å². The molecule has 0 aliphatic carbocycles. The van der Waals surface area contributed by atoms with Gasteiger partial charge in [-0.3, -0.25) is 9.59 Å². The number of carbonyl (C=O) groups is 2. The summed E-state index contributed by atoms with van der Waals surface area (Å²) in [5.74, 6) is 0.696. The van der Waals surface area contributed by atoms with Gasteiger partial charge in [0, 0.05) is 7.11 Å². The van der Waals surface area contributed by atoms with Crippen LogP contribution < -0.4 is 9.47 Å². The maximum atomic E-state index is 10.9. The number of carbonyl (C=O) groups excluding carboxylic acids is 2. The number of ether oxygens (including phenoxy) is 3. The van der Waals surface area contributed by atoms with Crippen LogP contribution in [0, 0.1) is 0 Å². The number of hydrogen-bond acceptors (Lipinski definition) is 5. The third-order valence-corrected chi connectivity index (χ3v) is 2.16. The molecule has 92 valence electrons. The fourth-order valence-corrected chi connectivity index (χ4v) is 1.31. The van der Waals surface area contributed by atoms with Gasteiger partial charge in [-0.05, 0) is 12.1 Å². The van der Waals surface area contributed by atoms with Crippen LogP contribution in [-0.4, -0.2) is 40.0 Å². The van der Waals surface area contributed by atoms with Gasteiger partial charge in [0.25, 0.3) is 0 Å². The van der Waals surface area contributed by atoms with Crippen LogP contribution in [0.3, 0.4) is 0 Å². The summed E-state index contributed by atoms with van der Waals surface area (Å²) in [5, 5.41) is 0. The Kier molecular flexibility index (Phi) is 5.16. The molecule has 0 spiro atoms. The van der Waals surface area contributed by atoms with Crippen molar-refractivity contribution in [3.05, 3.63) is 23.3 Å². The van der Waals surface area contributed by atoms with E-state index in [2.05, 4.69) is 0 Å². The van der Waals surface area contributed by atoms with Crippen molar-refractivity contribution >= 4 is 12.6 Å². The molecule has 0 unspecified atom stereocenters. The summed E-state index contributed by atoms with van der Waals surface area (Å²) in [6.07, 6.45) is 1.30. The molecule has 5 nitrogen and oxygen atoms in total. The number of methoxy groups -OCH3 is 2.